The van der Waals surface area contributed by atoms with Gasteiger partial charge in [-0.15, -0.1) is 11.8 Å². The maximum absolute atomic E-state index is 13.7. The summed E-state index contributed by atoms with van der Waals surface area (Å²) in [5, 5.41) is 8.40. The minimum Gasteiger partial charge on any atom is -0.497 e. The van der Waals surface area contributed by atoms with E-state index in [-0.39, 0.29) is 17.4 Å². The molecule has 0 heterocycles. The summed E-state index contributed by atoms with van der Waals surface area (Å²) in [6.07, 6.45) is 1.49. The number of methoxy groups -OCH3 is 5. The van der Waals surface area contributed by atoms with Gasteiger partial charge in [-0.1, -0.05) is 24.3 Å². The van der Waals surface area contributed by atoms with E-state index in [2.05, 4.69) is 16.0 Å². The lowest BCUT2D eigenvalue weighted by Gasteiger charge is -2.15. The van der Waals surface area contributed by atoms with Crippen molar-refractivity contribution >= 4 is 46.9 Å². The van der Waals surface area contributed by atoms with Crippen LogP contribution in [0.3, 0.4) is 0 Å². The first-order chi connectivity index (χ1) is 22.8. The van der Waals surface area contributed by atoms with Gasteiger partial charge in [0.05, 0.1) is 47.0 Å². The monoisotopic (exact) mass is 657 g/mol. The molecule has 0 saturated heterocycles. The van der Waals surface area contributed by atoms with Crippen LogP contribution in [0.4, 0.5) is 11.4 Å². The molecule has 244 valence electrons. The first-order valence-corrected chi connectivity index (χ1v) is 15.2. The fraction of sp³-hybridized carbons (Fsp3) is 0.171. The Morgan fingerprint density at radius 1 is 0.681 bits per heavy atom. The van der Waals surface area contributed by atoms with Crippen molar-refractivity contribution < 1.29 is 38.1 Å². The van der Waals surface area contributed by atoms with Crippen molar-refractivity contribution in [3.05, 3.63) is 102 Å². The van der Waals surface area contributed by atoms with Crippen LogP contribution in [0.1, 0.15) is 15.9 Å². The van der Waals surface area contributed by atoms with E-state index in [1.807, 2.05) is 6.07 Å². The lowest BCUT2D eigenvalue weighted by atomic mass is 10.1. The third kappa shape index (κ3) is 9.21. The van der Waals surface area contributed by atoms with Gasteiger partial charge < -0.3 is 39.6 Å². The molecule has 0 atom stereocenters. The van der Waals surface area contributed by atoms with Crippen molar-refractivity contribution in [2.24, 2.45) is 0 Å². The van der Waals surface area contributed by atoms with E-state index < -0.39 is 11.8 Å². The van der Waals surface area contributed by atoms with Crippen LogP contribution < -0.4 is 39.6 Å². The number of hydrogen-bond donors (Lipinski definition) is 3. The molecule has 4 rings (SSSR count). The van der Waals surface area contributed by atoms with Crippen molar-refractivity contribution in [1.29, 1.82) is 0 Å². The Balaban J connectivity index is 1.53. The molecule has 0 unspecified atom stereocenters. The fourth-order valence-electron chi connectivity index (χ4n) is 4.36. The predicted molar refractivity (Wildman–Crippen MR) is 182 cm³/mol. The lowest BCUT2D eigenvalue weighted by Crippen LogP contribution is -2.30. The van der Waals surface area contributed by atoms with Gasteiger partial charge in [-0.05, 0) is 54.6 Å². The average molecular weight is 658 g/mol. The molecule has 47 heavy (non-hydrogen) atoms. The zero-order chi connectivity index (χ0) is 33.8. The number of nitrogens with one attached hydrogen (secondary N) is 3. The van der Waals surface area contributed by atoms with Crippen molar-refractivity contribution in [2.45, 2.75) is 4.90 Å². The third-order valence-electron chi connectivity index (χ3n) is 6.71. The number of anilines is 2. The molecule has 0 radical (unpaired) electrons. The number of hydrogen-bond acceptors (Lipinski definition) is 9. The van der Waals surface area contributed by atoms with Crippen LogP contribution in [0.25, 0.3) is 6.08 Å². The van der Waals surface area contributed by atoms with Gasteiger partial charge in [0.25, 0.3) is 11.8 Å². The van der Waals surface area contributed by atoms with E-state index in [0.29, 0.717) is 51.2 Å². The first kappa shape index (κ1) is 34.3. The molecule has 0 aliphatic heterocycles. The highest BCUT2D eigenvalue weighted by atomic mass is 32.2. The van der Waals surface area contributed by atoms with Gasteiger partial charge in [0.1, 0.15) is 22.9 Å². The highest BCUT2D eigenvalue weighted by Crippen LogP contribution is 2.36. The van der Waals surface area contributed by atoms with E-state index in [9.17, 15) is 14.4 Å². The lowest BCUT2D eigenvalue weighted by molar-refractivity contribution is -0.114. The second-order valence-electron chi connectivity index (χ2n) is 9.71. The molecule has 4 aromatic carbocycles. The average Bonchev–Trinajstić information content (AvgIpc) is 3.10. The van der Waals surface area contributed by atoms with Gasteiger partial charge in [-0.2, -0.15) is 0 Å². The zero-order valence-corrected chi connectivity index (χ0v) is 27.4. The summed E-state index contributed by atoms with van der Waals surface area (Å²) in [6.45, 7) is 0. The molecule has 0 aliphatic rings. The summed E-state index contributed by atoms with van der Waals surface area (Å²) < 4.78 is 26.9. The van der Waals surface area contributed by atoms with Crippen LogP contribution in [0.2, 0.25) is 0 Å². The Kier molecular flexibility index (Phi) is 12.1. The summed E-state index contributed by atoms with van der Waals surface area (Å²) in [7, 11) is 7.54. The summed E-state index contributed by atoms with van der Waals surface area (Å²) in [6, 6.07) is 23.9. The van der Waals surface area contributed by atoms with Gasteiger partial charge in [0, 0.05) is 33.8 Å². The number of thioether (sulfide) groups is 1. The Morgan fingerprint density at radius 2 is 1.38 bits per heavy atom. The van der Waals surface area contributed by atoms with Crippen LogP contribution in [0, 0.1) is 0 Å². The molecular formula is C35H35N3O8S. The SMILES string of the molecule is COc1ccc(NC(=O)CSc2cccc(NC(=O)/C(=C\c3cc(OC)c(OC)cc3OC)NC(=O)c3ccccc3)c2)c(OC)c1. The number of carbonyl (C=O) groups is 3. The molecule has 11 nitrogen and oxygen atoms in total. The van der Waals surface area contributed by atoms with Crippen LogP contribution in [0.5, 0.6) is 28.7 Å². The summed E-state index contributed by atoms with van der Waals surface area (Å²) in [4.78, 5) is 40.3. The van der Waals surface area contributed by atoms with Crippen molar-refractivity contribution in [2.75, 3.05) is 51.9 Å². The molecule has 4 aromatic rings. The van der Waals surface area contributed by atoms with Crippen LogP contribution in [-0.4, -0.2) is 59.0 Å². The van der Waals surface area contributed by atoms with Gasteiger partial charge in [-0.3, -0.25) is 14.4 Å². The highest BCUT2D eigenvalue weighted by molar-refractivity contribution is 8.00. The highest BCUT2D eigenvalue weighted by Gasteiger charge is 2.18. The molecule has 0 aliphatic carbocycles. The summed E-state index contributed by atoms with van der Waals surface area (Å²) in [5.41, 5.74) is 1.76. The third-order valence-corrected chi connectivity index (χ3v) is 7.70. The number of ether oxygens (including phenoxy) is 5. The Bertz CT molecular complexity index is 1760. The molecule has 0 aromatic heterocycles. The Morgan fingerprint density at radius 3 is 2.06 bits per heavy atom. The molecule has 12 heteroatoms. The van der Waals surface area contributed by atoms with Crippen LogP contribution >= 0.6 is 11.8 Å². The normalized spacial score (nSPS) is 10.8. The summed E-state index contributed by atoms with van der Waals surface area (Å²) in [5.74, 6) is 1.11. The minimum absolute atomic E-state index is 0.0461. The minimum atomic E-state index is -0.586. The van der Waals surface area contributed by atoms with E-state index in [1.54, 1.807) is 86.0 Å². The molecule has 0 spiro atoms. The maximum Gasteiger partial charge on any atom is 0.272 e. The fourth-order valence-corrected chi connectivity index (χ4v) is 5.12. The van der Waals surface area contributed by atoms with E-state index in [4.69, 9.17) is 23.7 Å². The van der Waals surface area contributed by atoms with Gasteiger partial charge in [0.15, 0.2) is 11.5 Å². The predicted octanol–water partition coefficient (Wildman–Crippen LogP) is 5.87. The first-order valence-electron chi connectivity index (χ1n) is 14.2. The number of rotatable bonds is 14. The van der Waals surface area contributed by atoms with Gasteiger partial charge in [0.2, 0.25) is 5.91 Å². The standard InChI is InChI=1S/C35H35N3O8S/c1-42-25-14-15-27(30(19-25)44-3)37-33(39)21-47-26-13-9-12-24(18-26)36-35(41)28(38-34(40)22-10-7-6-8-11-22)16-23-17-31(45-4)32(46-5)20-29(23)43-2/h6-20H,21H2,1-5H3,(H,36,41)(H,37,39)(H,38,40)/b28-16+. The van der Waals surface area contributed by atoms with Gasteiger partial charge >= 0.3 is 0 Å². The number of benzene rings is 4. The van der Waals surface area contributed by atoms with Crippen molar-refractivity contribution in [3.63, 3.8) is 0 Å². The van der Waals surface area contributed by atoms with E-state index in [1.165, 1.54) is 46.3 Å². The molecule has 0 fully saturated rings. The number of amides is 3. The van der Waals surface area contributed by atoms with Gasteiger partial charge in [-0.25, -0.2) is 0 Å². The topological polar surface area (TPSA) is 133 Å². The Hall–Kier alpha value is -5.62. The summed E-state index contributed by atoms with van der Waals surface area (Å²) >= 11 is 1.29. The molecule has 3 amide bonds. The Labute approximate surface area is 277 Å². The zero-order valence-electron chi connectivity index (χ0n) is 26.5. The van der Waals surface area contributed by atoms with Crippen molar-refractivity contribution in [1.82, 2.24) is 5.32 Å². The largest absolute Gasteiger partial charge is 0.497 e. The molecule has 0 saturated carbocycles. The van der Waals surface area contributed by atoms with E-state index in [0.717, 1.165) is 4.90 Å². The second kappa shape index (κ2) is 16.6. The van der Waals surface area contributed by atoms with Crippen LogP contribution in [0.15, 0.2) is 95.5 Å². The second-order valence-corrected chi connectivity index (χ2v) is 10.8. The quantitative estimate of drug-likeness (QED) is 0.112. The number of carbonyl (C=O) groups excluding carboxylic acids is 3. The van der Waals surface area contributed by atoms with E-state index >= 15 is 0 Å². The maximum atomic E-state index is 13.7. The smallest absolute Gasteiger partial charge is 0.272 e. The van der Waals surface area contributed by atoms with Crippen LogP contribution in [-0.2, 0) is 9.59 Å². The molecule has 0 bridgehead atoms. The molecular weight excluding hydrogens is 622 g/mol. The molecule has 3 N–H and O–H groups in total. The van der Waals surface area contributed by atoms with Crippen molar-refractivity contribution in [3.8, 4) is 28.7 Å².